The highest BCUT2D eigenvalue weighted by atomic mass is 16.7. The van der Waals surface area contributed by atoms with Crippen LogP contribution in [0.25, 0.3) is 0 Å². The van der Waals surface area contributed by atoms with Crippen LogP contribution in [0.1, 0.15) is 20.8 Å². The maximum absolute atomic E-state index is 11.8. The van der Waals surface area contributed by atoms with Crippen molar-refractivity contribution >= 4 is 12.1 Å². The fourth-order valence-corrected chi connectivity index (χ4v) is 1.68. The van der Waals surface area contributed by atoms with Crippen LogP contribution < -0.4 is 0 Å². The summed E-state index contributed by atoms with van der Waals surface area (Å²) < 4.78 is 5.29. The maximum atomic E-state index is 11.8. The first-order chi connectivity index (χ1) is 8.74. The van der Waals surface area contributed by atoms with Gasteiger partial charge in [0.05, 0.1) is 7.11 Å². The molecule has 0 aromatic carbocycles. The van der Waals surface area contributed by atoms with Gasteiger partial charge in [0.2, 0.25) is 0 Å². The molecule has 0 atom stereocenters. The minimum Gasteiger partial charge on any atom is -0.444 e. The van der Waals surface area contributed by atoms with Crippen molar-refractivity contribution in [3.8, 4) is 0 Å². The van der Waals surface area contributed by atoms with Gasteiger partial charge in [-0.3, -0.25) is 4.84 Å². The van der Waals surface area contributed by atoms with Crippen LogP contribution in [0.5, 0.6) is 0 Å². The lowest BCUT2D eigenvalue weighted by Crippen LogP contribution is -2.53. The predicted molar refractivity (Wildman–Crippen MR) is 69.5 cm³/mol. The van der Waals surface area contributed by atoms with E-state index in [1.54, 1.807) is 16.8 Å². The number of carbonyl (C=O) groups is 2. The zero-order valence-corrected chi connectivity index (χ0v) is 12.3. The number of ether oxygens (including phenoxy) is 1. The van der Waals surface area contributed by atoms with Crippen LogP contribution >= 0.6 is 0 Å². The number of urea groups is 1. The summed E-state index contributed by atoms with van der Waals surface area (Å²) in [7, 11) is 3.00. The topological polar surface area (TPSA) is 62.3 Å². The normalized spacial score (nSPS) is 16.3. The van der Waals surface area contributed by atoms with Crippen LogP contribution in [0, 0.1) is 0 Å². The Morgan fingerprint density at radius 2 is 1.53 bits per heavy atom. The largest absolute Gasteiger partial charge is 0.444 e. The molecule has 0 spiro atoms. The van der Waals surface area contributed by atoms with Crippen molar-refractivity contribution in [3.05, 3.63) is 0 Å². The molecule has 3 amide bonds. The van der Waals surface area contributed by atoms with E-state index in [1.165, 1.54) is 12.2 Å². The van der Waals surface area contributed by atoms with Crippen molar-refractivity contribution in [2.75, 3.05) is 40.3 Å². The number of rotatable bonds is 1. The molecule has 1 saturated heterocycles. The minimum absolute atomic E-state index is 0.202. The van der Waals surface area contributed by atoms with E-state index < -0.39 is 5.60 Å². The molecule has 0 bridgehead atoms. The summed E-state index contributed by atoms with van der Waals surface area (Å²) in [6.45, 7) is 7.39. The number of hydroxylamine groups is 2. The van der Waals surface area contributed by atoms with Crippen LogP contribution in [0.2, 0.25) is 0 Å². The molecule has 1 heterocycles. The summed E-state index contributed by atoms with van der Waals surface area (Å²) in [4.78, 5) is 31.8. The highest BCUT2D eigenvalue weighted by Crippen LogP contribution is 2.12. The molecule has 7 heteroatoms. The van der Waals surface area contributed by atoms with E-state index in [0.717, 1.165) is 0 Å². The average molecular weight is 273 g/mol. The Balaban J connectivity index is 2.45. The summed E-state index contributed by atoms with van der Waals surface area (Å²) in [6.07, 6.45) is -0.334. The molecule has 7 nitrogen and oxygen atoms in total. The number of carbonyl (C=O) groups excluding carboxylic acids is 2. The molecule has 0 aliphatic carbocycles. The van der Waals surface area contributed by atoms with Crippen LogP contribution in [0.15, 0.2) is 0 Å². The van der Waals surface area contributed by atoms with Gasteiger partial charge in [-0.05, 0) is 20.8 Å². The van der Waals surface area contributed by atoms with Gasteiger partial charge in [0.1, 0.15) is 5.60 Å². The van der Waals surface area contributed by atoms with E-state index in [1.807, 2.05) is 20.8 Å². The second-order valence-electron chi connectivity index (χ2n) is 5.42. The van der Waals surface area contributed by atoms with Crippen LogP contribution in [0.4, 0.5) is 9.59 Å². The number of piperazine rings is 1. The predicted octanol–water partition coefficient (Wildman–Crippen LogP) is 1.15. The SMILES string of the molecule is CON(C)C(=O)N1CCN(C(=O)OC(C)(C)C)CC1. The van der Waals surface area contributed by atoms with E-state index in [4.69, 9.17) is 9.57 Å². The molecular weight excluding hydrogens is 250 g/mol. The van der Waals surface area contributed by atoms with Crippen molar-refractivity contribution in [2.45, 2.75) is 26.4 Å². The van der Waals surface area contributed by atoms with Gasteiger partial charge < -0.3 is 14.5 Å². The quantitative estimate of drug-likeness (QED) is 0.672. The summed E-state index contributed by atoms with van der Waals surface area (Å²) >= 11 is 0. The van der Waals surface area contributed by atoms with Crippen molar-refractivity contribution in [3.63, 3.8) is 0 Å². The molecule has 0 aromatic heterocycles. The zero-order chi connectivity index (χ0) is 14.6. The molecule has 1 aliphatic heterocycles. The summed E-state index contributed by atoms with van der Waals surface area (Å²) in [5.74, 6) is 0. The van der Waals surface area contributed by atoms with E-state index in [0.29, 0.717) is 26.2 Å². The first kappa shape index (κ1) is 15.6. The fourth-order valence-electron chi connectivity index (χ4n) is 1.68. The average Bonchev–Trinajstić information content (AvgIpc) is 2.35. The van der Waals surface area contributed by atoms with Gasteiger partial charge >= 0.3 is 12.1 Å². The molecule has 0 unspecified atom stereocenters. The van der Waals surface area contributed by atoms with Crippen LogP contribution in [0.3, 0.4) is 0 Å². The zero-order valence-electron chi connectivity index (χ0n) is 12.3. The Hall–Kier alpha value is -1.50. The molecule has 19 heavy (non-hydrogen) atoms. The standard InChI is InChI=1S/C12H23N3O4/c1-12(2,3)19-11(17)15-8-6-14(7-9-15)10(16)13(4)18-5/h6-9H2,1-5H3. The van der Waals surface area contributed by atoms with E-state index in [9.17, 15) is 9.59 Å². The molecule has 0 N–H and O–H groups in total. The highest BCUT2D eigenvalue weighted by molar-refractivity contribution is 5.74. The lowest BCUT2D eigenvalue weighted by molar-refractivity contribution is -0.0786. The van der Waals surface area contributed by atoms with Crippen molar-refractivity contribution in [1.82, 2.24) is 14.9 Å². The third kappa shape index (κ3) is 4.59. The van der Waals surface area contributed by atoms with Gasteiger partial charge in [-0.25, -0.2) is 14.7 Å². The molecule has 1 fully saturated rings. The lowest BCUT2D eigenvalue weighted by Gasteiger charge is -2.36. The molecule has 0 saturated carbocycles. The third-order valence-corrected chi connectivity index (χ3v) is 2.75. The smallest absolute Gasteiger partial charge is 0.410 e. The van der Waals surface area contributed by atoms with Gasteiger partial charge in [0.25, 0.3) is 0 Å². The van der Waals surface area contributed by atoms with E-state index in [-0.39, 0.29) is 12.1 Å². The number of hydrogen-bond donors (Lipinski definition) is 0. The summed E-state index contributed by atoms with van der Waals surface area (Å²) in [5, 5.41) is 1.17. The Labute approximate surface area is 114 Å². The van der Waals surface area contributed by atoms with Crippen LogP contribution in [-0.4, -0.2) is 72.9 Å². The van der Waals surface area contributed by atoms with Gasteiger partial charge in [0, 0.05) is 33.2 Å². The molecule has 0 aromatic rings. The number of amides is 3. The molecule has 1 rings (SSSR count). The van der Waals surface area contributed by atoms with Crippen LogP contribution in [-0.2, 0) is 9.57 Å². The van der Waals surface area contributed by atoms with Crippen molar-refractivity contribution in [1.29, 1.82) is 0 Å². The molecule has 0 radical (unpaired) electrons. The second-order valence-corrected chi connectivity index (χ2v) is 5.42. The van der Waals surface area contributed by atoms with E-state index in [2.05, 4.69) is 0 Å². The second kappa shape index (κ2) is 6.10. The monoisotopic (exact) mass is 273 g/mol. The Morgan fingerprint density at radius 1 is 1.05 bits per heavy atom. The van der Waals surface area contributed by atoms with E-state index >= 15 is 0 Å². The fraction of sp³-hybridized carbons (Fsp3) is 0.833. The summed E-state index contributed by atoms with van der Waals surface area (Å²) in [6, 6.07) is -0.202. The molecule has 1 aliphatic rings. The Bertz CT molecular complexity index is 332. The highest BCUT2D eigenvalue weighted by Gasteiger charge is 2.28. The third-order valence-electron chi connectivity index (χ3n) is 2.75. The molecule has 110 valence electrons. The first-order valence-electron chi connectivity index (χ1n) is 6.29. The number of nitrogens with zero attached hydrogens (tertiary/aromatic N) is 3. The van der Waals surface area contributed by atoms with Gasteiger partial charge in [-0.1, -0.05) is 0 Å². The van der Waals surface area contributed by atoms with Gasteiger partial charge in [0.15, 0.2) is 0 Å². The maximum Gasteiger partial charge on any atom is 0.410 e. The van der Waals surface area contributed by atoms with Gasteiger partial charge in [-0.15, -0.1) is 0 Å². The minimum atomic E-state index is -0.500. The molecular formula is C12H23N3O4. The lowest BCUT2D eigenvalue weighted by atomic mass is 10.2. The van der Waals surface area contributed by atoms with Crippen molar-refractivity contribution < 1.29 is 19.2 Å². The summed E-state index contributed by atoms with van der Waals surface area (Å²) in [5.41, 5.74) is -0.500. The number of hydrogen-bond acceptors (Lipinski definition) is 4. The Kier molecular flexibility index (Phi) is 4.99. The van der Waals surface area contributed by atoms with Crippen molar-refractivity contribution in [2.24, 2.45) is 0 Å². The Morgan fingerprint density at radius 3 is 1.95 bits per heavy atom. The first-order valence-corrected chi connectivity index (χ1v) is 6.29. The van der Waals surface area contributed by atoms with Gasteiger partial charge in [-0.2, -0.15) is 0 Å².